The predicted molar refractivity (Wildman–Crippen MR) is 166 cm³/mol. The van der Waals surface area contributed by atoms with Gasteiger partial charge in [-0.2, -0.15) is 0 Å². The summed E-state index contributed by atoms with van der Waals surface area (Å²) >= 11 is 0. The summed E-state index contributed by atoms with van der Waals surface area (Å²) in [5.41, 5.74) is 5.28. The number of rotatable bonds is 2. The van der Waals surface area contributed by atoms with Gasteiger partial charge in [0, 0.05) is 22.0 Å². The van der Waals surface area contributed by atoms with Crippen molar-refractivity contribution in [3.05, 3.63) is 133 Å². The first kappa shape index (κ1) is 22.7. The van der Waals surface area contributed by atoms with Gasteiger partial charge in [0.1, 0.15) is 28.3 Å². The molecule has 41 heavy (non-hydrogen) atoms. The second-order valence-corrected chi connectivity index (χ2v) is 13.1. The molecule has 0 fully saturated rings. The molecule has 0 aliphatic carbocycles. The largest absolute Gasteiger partial charge is 0.456 e. The van der Waals surface area contributed by atoms with E-state index in [9.17, 15) is 0 Å². The van der Waals surface area contributed by atoms with Crippen LogP contribution < -0.4 is 25.4 Å². The second kappa shape index (κ2) is 8.23. The van der Waals surface area contributed by atoms with Crippen molar-refractivity contribution < 1.29 is 14.0 Å². The van der Waals surface area contributed by atoms with Crippen molar-refractivity contribution in [2.75, 3.05) is 0 Å². The van der Waals surface area contributed by atoms with Crippen LogP contribution in [0.3, 0.4) is 0 Å². The normalized spacial score (nSPS) is 16.4. The number of fused-ring (bicyclic) bond motifs is 7. The molecule has 6 aromatic carbocycles. The smallest absolute Gasteiger partial charge is 0.185 e. The van der Waals surface area contributed by atoms with E-state index in [1.165, 1.54) is 5.39 Å². The highest BCUT2D eigenvalue weighted by Crippen LogP contribution is 2.59. The molecule has 194 valence electrons. The lowest BCUT2D eigenvalue weighted by molar-refractivity contribution is 0.463. The molecule has 0 N–H and O–H groups in total. The first-order valence-corrected chi connectivity index (χ1v) is 15.3. The van der Waals surface area contributed by atoms with Crippen molar-refractivity contribution in [2.45, 2.75) is 0 Å². The molecule has 9 rings (SSSR count). The van der Waals surface area contributed by atoms with Gasteiger partial charge in [-0.25, -0.2) is 0 Å². The van der Waals surface area contributed by atoms with E-state index < -0.39 is 7.14 Å². The molecule has 0 saturated carbocycles. The quantitative estimate of drug-likeness (QED) is 0.205. The Morgan fingerprint density at radius 2 is 1.20 bits per heavy atom. The van der Waals surface area contributed by atoms with Crippen LogP contribution in [0.25, 0.3) is 38.6 Å². The number of nitrogens with zero attached hydrogens (tertiary/aromatic N) is 1. The van der Waals surface area contributed by atoms with Crippen LogP contribution in [0.4, 0.5) is 0 Å². The lowest BCUT2D eigenvalue weighted by atomic mass is 10.0. The first-order valence-electron chi connectivity index (χ1n) is 13.6. The van der Waals surface area contributed by atoms with Gasteiger partial charge < -0.3 is 18.6 Å². The fourth-order valence-electron chi connectivity index (χ4n) is 6.47. The number of para-hydroxylation sites is 4. The van der Waals surface area contributed by atoms with Crippen LogP contribution in [0.1, 0.15) is 0 Å². The fourth-order valence-corrected chi connectivity index (χ4v) is 9.54. The third-order valence-corrected chi connectivity index (χ3v) is 11.4. The molecule has 1 atom stereocenters. The minimum Gasteiger partial charge on any atom is -0.456 e. The van der Waals surface area contributed by atoms with Crippen molar-refractivity contribution >= 4 is 44.9 Å². The average Bonchev–Trinajstić information content (AvgIpc) is 3.35. The molecule has 0 bridgehead atoms. The van der Waals surface area contributed by atoms with Crippen LogP contribution in [0.15, 0.2) is 133 Å². The number of aromatic nitrogens is 1. The topological polar surface area (TPSA) is 40.5 Å². The summed E-state index contributed by atoms with van der Waals surface area (Å²) in [7, 11) is -3.24. The molecule has 0 radical (unpaired) electrons. The summed E-state index contributed by atoms with van der Waals surface area (Å²) in [5, 5.41) is 4.38. The third kappa shape index (κ3) is 3.03. The SMILES string of the molecule is O=P12c3ccccc3Oc3ccc(-c4ccc5c(c4)c4ccccc4n5-c4ccccc4)c(c31)Oc1ccccc12. The van der Waals surface area contributed by atoms with Gasteiger partial charge >= 0.3 is 0 Å². The van der Waals surface area contributed by atoms with E-state index >= 15 is 4.57 Å². The Labute approximate surface area is 236 Å². The van der Waals surface area contributed by atoms with E-state index in [0.29, 0.717) is 38.9 Å². The number of hydrogen-bond acceptors (Lipinski definition) is 3. The van der Waals surface area contributed by atoms with Crippen molar-refractivity contribution in [3.8, 4) is 39.8 Å². The molecule has 2 aliphatic heterocycles. The molecule has 0 saturated heterocycles. The molecule has 1 aromatic heterocycles. The Balaban J connectivity index is 1.32. The number of ether oxygens (including phenoxy) is 2. The van der Waals surface area contributed by atoms with Crippen LogP contribution in [-0.2, 0) is 4.57 Å². The van der Waals surface area contributed by atoms with Crippen LogP contribution in [-0.4, -0.2) is 4.57 Å². The molecule has 0 spiro atoms. The maximum Gasteiger partial charge on any atom is 0.185 e. The molecular formula is C36H22NO3P. The van der Waals surface area contributed by atoms with E-state index in [-0.39, 0.29) is 0 Å². The zero-order valence-electron chi connectivity index (χ0n) is 21.8. The van der Waals surface area contributed by atoms with E-state index in [0.717, 1.165) is 33.2 Å². The lowest BCUT2D eigenvalue weighted by Gasteiger charge is -2.35. The Bertz CT molecular complexity index is 2230. The monoisotopic (exact) mass is 547 g/mol. The summed E-state index contributed by atoms with van der Waals surface area (Å²) in [6.07, 6.45) is 0. The molecule has 3 heterocycles. The molecule has 1 unspecified atom stereocenters. The van der Waals surface area contributed by atoms with Gasteiger partial charge in [0.2, 0.25) is 0 Å². The van der Waals surface area contributed by atoms with Gasteiger partial charge in [-0.05, 0) is 72.3 Å². The van der Waals surface area contributed by atoms with Gasteiger partial charge in [-0.1, -0.05) is 66.7 Å². The number of benzene rings is 6. The summed E-state index contributed by atoms with van der Waals surface area (Å²) in [5.74, 6) is 2.45. The highest BCUT2D eigenvalue weighted by atomic mass is 31.2. The van der Waals surface area contributed by atoms with Gasteiger partial charge in [-0.3, -0.25) is 0 Å². The van der Waals surface area contributed by atoms with Crippen molar-refractivity contribution in [3.63, 3.8) is 0 Å². The Morgan fingerprint density at radius 3 is 2.00 bits per heavy atom. The van der Waals surface area contributed by atoms with Gasteiger partial charge in [0.05, 0.1) is 21.6 Å². The summed E-state index contributed by atoms with van der Waals surface area (Å²) in [6.45, 7) is 0. The molecular weight excluding hydrogens is 525 g/mol. The highest BCUT2D eigenvalue weighted by molar-refractivity contribution is 7.86. The summed E-state index contributed by atoms with van der Waals surface area (Å²) < 4.78 is 30.5. The minimum atomic E-state index is -3.24. The standard InChI is InChI=1S/C36H22NO3P/c38-41-33-16-8-6-14-30(33)39-32-21-19-25(35(36(32)41)40-31-15-7-9-17-34(31)41)23-18-20-29-27(22-23)26-12-4-5-13-28(26)37(29)24-10-2-1-3-11-24/h1-22H. The van der Waals surface area contributed by atoms with Crippen molar-refractivity contribution in [1.29, 1.82) is 0 Å². The zero-order chi connectivity index (χ0) is 27.1. The molecule has 4 nitrogen and oxygen atoms in total. The maximum atomic E-state index is 15.3. The Morgan fingerprint density at radius 1 is 0.537 bits per heavy atom. The van der Waals surface area contributed by atoms with Gasteiger partial charge in [0.25, 0.3) is 0 Å². The predicted octanol–water partition coefficient (Wildman–Crippen LogP) is 8.30. The van der Waals surface area contributed by atoms with E-state index in [4.69, 9.17) is 9.47 Å². The van der Waals surface area contributed by atoms with E-state index in [1.807, 2.05) is 66.7 Å². The summed E-state index contributed by atoms with van der Waals surface area (Å²) in [6, 6.07) is 44.7. The van der Waals surface area contributed by atoms with Crippen LogP contribution in [0, 0.1) is 0 Å². The van der Waals surface area contributed by atoms with Crippen molar-refractivity contribution in [1.82, 2.24) is 4.57 Å². The van der Waals surface area contributed by atoms with Crippen molar-refractivity contribution in [2.24, 2.45) is 0 Å². The highest BCUT2D eigenvalue weighted by Gasteiger charge is 2.47. The van der Waals surface area contributed by atoms with Gasteiger partial charge in [-0.15, -0.1) is 0 Å². The van der Waals surface area contributed by atoms with E-state index in [1.54, 1.807) is 0 Å². The Kier molecular flexibility index (Phi) is 4.57. The summed E-state index contributed by atoms with van der Waals surface area (Å²) in [4.78, 5) is 0. The first-order chi connectivity index (χ1) is 20.2. The fraction of sp³-hybridized carbons (Fsp3) is 0. The van der Waals surface area contributed by atoms with Crippen LogP contribution in [0.5, 0.6) is 23.0 Å². The third-order valence-electron chi connectivity index (χ3n) is 8.25. The average molecular weight is 548 g/mol. The number of hydrogen-bond donors (Lipinski definition) is 0. The Hall–Kier alpha value is -5.05. The molecule has 0 amide bonds. The molecule has 7 aromatic rings. The molecule has 2 aliphatic rings. The zero-order valence-corrected chi connectivity index (χ0v) is 22.7. The molecule has 5 heteroatoms. The van der Waals surface area contributed by atoms with Crippen LogP contribution >= 0.6 is 7.14 Å². The maximum absolute atomic E-state index is 15.3. The second-order valence-electron chi connectivity index (χ2n) is 10.5. The van der Waals surface area contributed by atoms with E-state index in [2.05, 4.69) is 71.3 Å². The van der Waals surface area contributed by atoms with Crippen LogP contribution in [0.2, 0.25) is 0 Å². The minimum absolute atomic E-state index is 0.585. The van der Waals surface area contributed by atoms with Gasteiger partial charge in [0.15, 0.2) is 7.14 Å². The lowest BCUT2D eigenvalue weighted by Crippen LogP contribution is -2.35.